The minimum Gasteiger partial charge on any atom is -0.494 e. The second kappa shape index (κ2) is 10.0. The highest BCUT2D eigenvalue weighted by molar-refractivity contribution is 5.99. The lowest BCUT2D eigenvalue weighted by atomic mass is 10.1. The molecule has 0 unspecified atom stereocenters. The van der Waals surface area contributed by atoms with Crippen LogP contribution in [0.15, 0.2) is 48.5 Å². The molecule has 0 radical (unpaired) electrons. The van der Waals surface area contributed by atoms with Gasteiger partial charge in [-0.05, 0) is 48.0 Å². The Kier molecular flexibility index (Phi) is 7.45. The van der Waals surface area contributed by atoms with E-state index < -0.39 is 18.4 Å². The molecule has 0 aliphatic heterocycles. The van der Waals surface area contributed by atoms with E-state index in [1.165, 1.54) is 37.5 Å². The van der Waals surface area contributed by atoms with Crippen LogP contribution in [0.1, 0.15) is 29.3 Å². The summed E-state index contributed by atoms with van der Waals surface area (Å²) in [6, 6.07) is 10.5. The first-order valence-corrected chi connectivity index (χ1v) is 8.54. The summed E-state index contributed by atoms with van der Waals surface area (Å²) in [5.74, 6) is -1.68. The van der Waals surface area contributed by atoms with E-state index in [1.54, 1.807) is 25.1 Å². The van der Waals surface area contributed by atoms with Crippen molar-refractivity contribution in [2.45, 2.75) is 13.3 Å². The van der Waals surface area contributed by atoms with E-state index in [0.717, 1.165) is 6.08 Å². The Bertz CT molecular complexity index is 890. The van der Waals surface area contributed by atoms with E-state index >= 15 is 0 Å². The Morgan fingerprint density at radius 3 is 2.43 bits per heavy atom. The lowest BCUT2D eigenvalue weighted by Gasteiger charge is -2.05. The maximum atomic E-state index is 13.6. The van der Waals surface area contributed by atoms with Crippen molar-refractivity contribution in [1.82, 2.24) is 0 Å². The molecule has 28 heavy (non-hydrogen) atoms. The van der Waals surface area contributed by atoms with Gasteiger partial charge in [0.05, 0.1) is 7.11 Å². The van der Waals surface area contributed by atoms with Crippen molar-refractivity contribution in [2.75, 3.05) is 19.0 Å². The summed E-state index contributed by atoms with van der Waals surface area (Å²) in [5.41, 5.74) is 1.38. The Balaban J connectivity index is 1.87. The quantitative estimate of drug-likeness (QED) is 0.426. The summed E-state index contributed by atoms with van der Waals surface area (Å²) in [6.07, 6.45) is 2.84. The number of nitrogens with one attached hydrogen (secondary N) is 1. The molecule has 0 saturated heterocycles. The molecule has 7 heteroatoms. The SMILES string of the molecule is CCC(=O)Nc1ccc(C(=O)COC(=O)/C=C/c2ccc(OC)c(F)c2)cc1. The summed E-state index contributed by atoms with van der Waals surface area (Å²) in [6.45, 7) is 1.31. The summed E-state index contributed by atoms with van der Waals surface area (Å²) >= 11 is 0. The standard InChI is InChI=1S/C21H20FNO5/c1-3-20(25)23-16-8-6-15(7-9-16)18(24)13-28-21(26)11-5-14-4-10-19(27-2)17(22)12-14/h4-12H,3,13H2,1-2H3,(H,23,25)/b11-5+. The number of rotatable bonds is 8. The molecule has 2 aromatic carbocycles. The van der Waals surface area contributed by atoms with E-state index in [0.29, 0.717) is 23.2 Å². The van der Waals surface area contributed by atoms with Gasteiger partial charge in [-0.15, -0.1) is 0 Å². The van der Waals surface area contributed by atoms with Crippen LogP contribution in [0.3, 0.4) is 0 Å². The Morgan fingerprint density at radius 1 is 1.11 bits per heavy atom. The number of ether oxygens (including phenoxy) is 2. The molecule has 0 bridgehead atoms. The number of ketones is 1. The second-order valence-corrected chi connectivity index (χ2v) is 5.74. The third-order valence-electron chi connectivity index (χ3n) is 3.74. The minimum absolute atomic E-state index is 0.102. The largest absolute Gasteiger partial charge is 0.494 e. The van der Waals surface area contributed by atoms with Gasteiger partial charge in [0.2, 0.25) is 5.91 Å². The number of benzene rings is 2. The van der Waals surface area contributed by atoms with Gasteiger partial charge < -0.3 is 14.8 Å². The van der Waals surface area contributed by atoms with Gasteiger partial charge in [-0.25, -0.2) is 9.18 Å². The number of anilines is 1. The predicted octanol–water partition coefficient (Wildman–Crippen LogP) is 3.62. The molecule has 0 atom stereocenters. The van der Waals surface area contributed by atoms with E-state index in [1.807, 2.05) is 0 Å². The van der Waals surface area contributed by atoms with Gasteiger partial charge in [0, 0.05) is 23.7 Å². The zero-order chi connectivity index (χ0) is 20.5. The molecule has 0 saturated carbocycles. The molecule has 1 amide bonds. The van der Waals surface area contributed by atoms with Crippen LogP contribution in [0.25, 0.3) is 6.08 Å². The molecule has 0 aliphatic carbocycles. The van der Waals surface area contributed by atoms with Crippen LogP contribution >= 0.6 is 0 Å². The number of hydrogen-bond donors (Lipinski definition) is 1. The van der Waals surface area contributed by atoms with Crippen LogP contribution in [0, 0.1) is 5.82 Å². The predicted molar refractivity (Wildman–Crippen MR) is 103 cm³/mol. The molecule has 2 rings (SSSR count). The molecule has 0 aliphatic rings. The van der Waals surface area contributed by atoms with Gasteiger partial charge in [0.25, 0.3) is 0 Å². The van der Waals surface area contributed by atoms with Crippen molar-refractivity contribution in [1.29, 1.82) is 0 Å². The van der Waals surface area contributed by atoms with Crippen molar-refractivity contribution >= 4 is 29.4 Å². The maximum absolute atomic E-state index is 13.6. The number of carbonyl (C=O) groups excluding carboxylic acids is 3. The van der Waals surface area contributed by atoms with Crippen molar-refractivity contribution in [2.24, 2.45) is 0 Å². The first-order valence-electron chi connectivity index (χ1n) is 8.54. The van der Waals surface area contributed by atoms with Gasteiger partial charge in [-0.2, -0.15) is 0 Å². The molecule has 146 valence electrons. The summed E-state index contributed by atoms with van der Waals surface area (Å²) in [4.78, 5) is 35.1. The van der Waals surface area contributed by atoms with Crippen molar-refractivity contribution in [3.63, 3.8) is 0 Å². The maximum Gasteiger partial charge on any atom is 0.331 e. The molecular formula is C21H20FNO5. The Hall–Kier alpha value is -3.48. The smallest absolute Gasteiger partial charge is 0.331 e. The highest BCUT2D eigenvalue weighted by atomic mass is 19.1. The van der Waals surface area contributed by atoms with Gasteiger partial charge in [0.15, 0.2) is 24.0 Å². The Morgan fingerprint density at radius 2 is 1.82 bits per heavy atom. The molecule has 0 heterocycles. The van der Waals surface area contributed by atoms with Gasteiger partial charge in [0.1, 0.15) is 0 Å². The van der Waals surface area contributed by atoms with Crippen molar-refractivity contribution in [3.05, 3.63) is 65.5 Å². The van der Waals surface area contributed by atoms with E-state index in [4.69, 9.17) is 9.47 Å². The zero-order valence-corrected chi connectivity index (χ0v) is 15.5. The number of halogens is 1. The number of esters is 1. The average Bonchev–Trinajstić information content (AvgIpc) is 2.71. The molecule has 1 N–H and O–H groups in total. The third-order valence-corrected chi connectivity index (χ3v) is 3.74. The minimum atomic E-state index is -0.726. The third kappa shape index (κ3) is 6.05. The molecule has 0 aromatic heterocycles. The summed E-state index contributed by atoms with van der Waals surface area (Å²) < 4.78 is 23.3. The number of Topliss-reactive ketones (excluding diaryl/α,β-unsaturated/α-hetero) is 1. The fourth-order valence-corrected chi connectivity index (χ4v) is 2.21. The first-order chi connectivity index (χ1) is 13.4. The van der Waals surface area contributed by atoms with Crippen LogP contribution in [0.4, 0.5) is 10.1 Å². The van der Waals surface area contributed by atoms with Gasteiger partial charge in [-0.3, -0.25) is 9.59 Å². The lowest BCUT2D eigenvalue weighted by molar-refractivity contribution is -0.136. The first kappa shape index (κ1) is 20.8. The summed E-state index contributed by atoms with van der Waals surface area (Å²) in [5, 5.41) is 2.67. The summed E-state index contributed by atoms with van der Waals surface area (Å²) in [7, 11) is 1.36. The Labute approximate surface area is 162 Å². The average molecular weight is 385 g/mol. The highest BCUT2D eigenvalue weighted by Gasteiger charge is 2.09. The second-order valence-electron chi connectivity index (χ2n) is 5.74. The van der Waals surface area contributed by atoms with Crippen molar-refractivity contribution in [3.8, 4) is 5.75 Å². The van der Waals surface area contributed by atoms with E-state index in [-0.39, 0.29) is 17.4 Å². The highest BCUT2D eigenvalue weighted by Crippen LogP contribution is 2.18. The lowest BCUT2D eigenvalue weighted by Crippen LogP contribution is -2.13. The topological polar surface area (TPSA) is 81.7 Å². The fourth-order valence-electron chi connectivity index (χ4n) is 2.21. The van der Waals surface area contributed by atoms with Crippen LogP contribution in [0.2, 0.25) is 0 Å². The number of carbonyl (C=O) groups is 3. The molecule has 6 nitrogen and oxygen atoms in total. The normalized spacial score (nSPS) is 10.5. The van der Waals surface area contributed by atoms with Crippen LogP contribution in [-0.2, 0) is 14.3 Å². The van der Waals surface area contributed by atoms with Crippen LogP contribution in [0.5, 0.6) is 5.75 Å². The molecule has 0 fully saturated rings. The monoisotopic (exact) mass is 385 g/mol. The van der Waals surface area contributed by atoms with Crippen LogP contribution < -0.4 is 10.1 Å². The fraction of sp³-hybridized carbons (Fsp3) is 0.190. The van der Waals surface area contributed by atoms with Crippen molar-refractivity contribution < 1.29 is 28.2 Å². The number of methoxy groups -OCH3 is 1. The molecular weight excluding hydrogens is 365 g/mol. The number of amides is 1. The van der Waals surface area contributed by atoms with Gasteiger partial charge >= 0.3 is 5.97 Å². The molecule has 2 aromatic rings. The molecule has 0 spiro atoms. The zero-order valence-electron chi connectivity index (χ0n) is 15.5. The number of hydrogen-bond acceptors (Lipinski definition) is 5. The van der Waals surface area contributed by atoms with E-state index in [2.05, 4.69) is 5.32 Å². The van der Waals surface area contributed by atoms with Gasteiger partial charge in [-0.1, -0.05) is 13.0 Å². The van der Waals surface area contributed by atoms with E-state index in [9.17, 15) is 18.8 Å². The van der Waals surface area contributed by atoms with Crippen LogP contribution in [-0.4, -0.2) is 31.4 Å².